The number of amides is 3. The molecule has 4 aromatic carbocycles. The number of ether oxygens (including phenoxy) is 2. The maximum atomic E-state index is 13.6. The van der Waals surface area contributed by atoms with Gasteiger partial charge in [0.05, 0.1) is 14.2 Å². The molecular weight excluding hydrogens is 612 g/mol. The van der Waals surface area contributed by atoms with Crippen molar-refractivity contribution in [1.82, 2.24) is 10.3 Å². The van der Waals surface area contributed by atoms with Gasteiger partial charge in [0.2, 0.25) is 5.91 Å². The van der Waals surface area contributed by atoms with Crippen molar-refractivity contribution in [3.8, 4) is 11.5 Å². The van der Waals surface area contributed by atoms with Gasteiger partial charge in [-0.25, -0.2) is 4.98 Å². The summed E-state index contributed by atoms with van der Waals surface area (Å²) in [7, 11) is 3.06. The largest absolute Gasteiger partial charge is 0.497 e. The second-order valence-electron chi connectivity index (χ2n) is 10.1. The highest BCUT2D eigenvalue weighted by Crippen LogP contribution is 2.36. The molecule has 10 heteroatoms. The zero-order valence-electron chi connectivity index (χ0n) is 25.7. The summed E-state index contributed by atoms with van der Waals surface area (Å²) in [5.41, 5.74) is 2.25. The van der Waals surface area contributed by atoms with Crippen LogP contribution in [-0.2, 0) is 9.59 Å². The van der Waals surface area contributed by atoms with Gasteiger partial charge in [-0.05, 0) is 78.4 Å². The minimum atomic E-state index is -0.556. The molecule has 0 saturated carbocycles. The minimum absolute atomic E-state index is 0.000748. The fraction of sp³-hybridized carbons (Fsp3) is 0.0811. The maximum absolute atomic E-state index is 13.6. The Morgan fingerprint density at radius 2 is 1.47 bits per heavy atom. The van der Waals surface area contributed by atoms with Crippen LogP contribution in [0.1, 0.15) is 26.7 Å². The molecule has 0 radical (unpaired) electrons. The minimum Gasteiger partial charge on any atom is -0.497 e. The molecule has 0 aliphatic rings. The van der Waals surface area contributed by atoms with E-state index >= 15 is 0 Å². The number of benzene rings is 4. The Morgan fingerprint density at radius 3 is 2.13 bits per heavy atom. The molecule has 5 aromatic rings. The molecule has 0 aliphatic heterocycles. The Labute approximate surface area is 277 Å². The molecule has 0 bridgehead atoms. The van der Waals surface area contributed by atoms with Crippen LogP contribution in [0.15, 0.2) is 138 Å². The average molecular weight is 645 g/mol. The van der Waals surface area contributed by atoms with Crippen LogP contribution in [0.25, 0.3) is 6.08 Å². The summed E-state index contributed by atoms with van der Waals surface area (Å²) < 4.78 is 10.8. The number of rotatable bonds is 12. The van der Waals surface area contributed by atoms with E-state index in [4.69, 9.17) is 9.47 Å². The lowest BCUT2D eigenvalue weighted by Crippen LogP contribution is -2.30. The first-order chi connectivity index (χ1) is 22.9. The number of methoxy groups -OCH3 is 2. The van der Waals surface area contributed by atoms with E-state index in [9.17, 15) is 14.4 Å². The van der Waals surface area contributed by atoms with Crippen LogP contribution in [0.5, 0.6) is 11.5 Å². The molecule has 0 spiro atoms. The van der Waals surface area contributed by atoms with Crippen molar-refractivity contribution in [2.24, 2.45) is 0 Å². The molecular formula is C37H32N4O5S. The lowest BCUT2D eigenvalue weighted by Gasteiger charge is -2.17. The van der Waals surface area contributed by atoms with Crippen LogP contribution in [0.4, 0.5) is 11.5 Å². The van der Waals surface area contributed by atoms with Gasteiger partial charge in [0.15, 0.2) is 0 Å². The second kappa shape index (κ2) is 15.9. The lowest BCUT2D eigenvalue weighted by atomic mass is 10.1. The number of hydrogen-bond donors (Lipinski definition) is 3. The Balaban J connectivity index is 1.36. The molecule has 236 valence electrons. The van der Waals surface area contributed by atoms with Crippen molar-refractivity contribution in [2.75, 3.05) is 24.9 Å². The number of aromatic nitrogens is 1. The summed E-state index contributed by atoms with van der Waals surface area (Å²) in [6, 6.07) is 35.7. The Kier molecular flexibility index (Phi) is 11.0. The Morgan fingerprint density at radius 1 is 0.766 bits per heavy atom. The Bertz CT molecular complexity index is 1850. The molecule has 9 nitrogen and oxygen atoms in total. The molecule has 5 rings (SSSR count). The quantitative estimate of drug-likeness (QED) is 0.0991. The summed E-state index contributed by atoms with van der Waals surface area (Å²) in [6.45, 7) is 0. The lowest BCUT2D eigenvalue weighted by molar-refractivity contribution is -0.116. The van der Waals surface area contributed by atoms with Gasteiger partial charge in [0.25, 0.3) is 11.8 Å². The van der Waals surface area contributed by atoms with E-state index < -0.39 is 17.1 Å². The molecule has 0 aliphatic carbocycles. The highest BCUT2D eigenvalue weighted by Gasteiger charge is 2.23. The smallest absolute Gasteiger partial charge is 0.272 e. The van der Waals surface area contributed by atoms with Crippen LogP contribution in [0.3, 0.4) is 0 Å². The third kappa shape index (κ3) is 8.86. The molecule has 0 fully saturated rings. The zero-order valence-corrected chi connectivity index (χ0v) is 26.5. The van der Waals surface area contributed by atoms with Crippen molar-refractivity contribution >= 4 is 47.1 Å². The summed E-state index contributed by atoms with van der Waals surface area (Å²) in [5.74, 6) is 0.308. The maximum Gasteiger partial charge on any atom is 0.272 e. The van der Waals surface area contributed by atoms with Crippen molar-refractivity contribution in [1.29, 1.82) is 0 Å². The van der Waals surface area contributed by atoms with Crippen LogP contribution >= 0.6 is 11.8 Å². The number of nitrogens with one attached hydrogen (secondary N) is 3. The predicted molar refractivity (Wildman–Crippen MR) is 184 cm³/mol. The summed E-state index contributed by atoms with van der Waals surface area (Å²) >= 11 is 1.37. The molecule has 1 atom stereocenters. The summed E-state index contributed by atoms with van der Waals surface area (Å²) in [5, 5.41) is 7.93. The number of carbonyl (C=O) groups excluding carboxylic acids is 3. The highest BCUT2D eigenvalue weighted by atomic mass is 32.2. The molecule has 1 heterocycles. The number of carbonyl (C=O) groups is 3. The number of hydrogen-bond acceptors (Lipinski definition) is 7. The molecule has 3 N–H and O–H groups in total. The first-order valence-electron chi connectivity index (χ1n) is 14.6. The average Bonchev–Trinajstić information content (AvgIpc) is 3.12. The van der Waals surface area contributed by atoms with Crippen LogP contribution < -0.4 is 25.4 Å². The fourth-order valence-corrected chi connectivity index (χ4v) is 5.56. The number of thioether (sulfide) groups is 1. The zero-order chi connectivity index (χ0) is 33.0. The monoisotopic (exact) mass is 644 g/mol. The van der Waals surface area contributed by atoms with E-state index in [1.807, 2.05) is 42.5 Å². The van der Waals surface area contributed by atoms with Gasteiger partial charge in [-0.15, -0.1) is 11.8 Å². The first-order valence-corrected chi connectivity index (χ1v) is 15.5. The van der Waals surface area contributed by atoms with Gasteiger partial charge in [-0.1, -0.05) is 54.6 Å². The normalized spacial score (nSPS) is 11.6. The third-order valence-electron chi connectivity index (χ3n) is 6.89. The van der Waals surface area contributed by atoms with Crippen LogP contribution in [0, 0.1) is 0 Å². The van der Waals surface area contributed by atoms with Gasteiger partial charge in [0, 0.05) is 27.9 Å². The van der Waals surface area contributed by atoms with Gasteiger partial charge >= 0.3 is 0 Å². The topological polar surface area (TPSA) is 119 Å². The van der Waals surface area contributed by atoms with E-state index in [1.54, 1.807) is 85.1 Å². The van der Waals surface area contributed by atoms with E-state index in [2.05, 4.69) is 20.9 Å². The van der Waals surface area contributed by atoms with Crippen LogP contribution in [-0.4, -0.2) is 36.9 Å². The van der Waals surface area contributed by atoms with Gasteiger partial charge in [-0.3, -0.25) is 14.4 Å². The predicted octanol–water partition coefficient (Wildman–Crippen LogP) is 6.98. The molecule has 47 heavy (non-hydrogen) atoms. The molecule has 1 unspecified atom stereocenters. The van der Waals surface area contributed by atoms with Crippen molar-refractivity contribution in [3.63, 3.8) is 0 Å². The summed E-state index contributed by atoms with van der Waals surface area (Å²) in [4.78, 5) is 45.1. The van der Waals surface area contributed by atoms with Crippen molar-refractivity contribution in [2.45, 2.75) is 10.1 Å². The van der Waals surface area contributed by atoms with E-state index in [-0.39, 0.29) is 11.6 Å². The van der Waals surface area contributed by atoms with Gasteiger partial charge in [-0.2, -0.15) is 0 Å². The SMILES string of the molecule is COc1ccc(OC)c(/C=C(\NC(=O)c2ccccc2)C(=O)Nc2ccc(SC(C(=O)Nc3ccccn3)c3ccccc3)cc2)c1. The molecule has 0 saturated heterocycles. The fourth-order valence-electron chi connectivity index (χ4n) is 4.53. The first kappa shape index (κ1) is 32.5. The number of pyridine rings is 1. The molecule has 3 amide bonds. The van der Waals surface area contributed by atoms with Gasteiger partial charge < -0.3 is 25.4 Å². The van der Waals surface area contributed by atoms with Crippen molar-refractivity contribution < 1.29 is 23.9 Å². The number of anilines is 2. The van der Waals surface area contributed by atoms with Crippen LogP contribution in [0.2, 0.25) is 0 Å². The van der Waals surface area contributed by atoms with E-state index in [0.717, 1.165) is 10.5 Å². The standard InChI is InChI=1S/C37H32N4O5S/c1-45-29-18-21-32(46-2)27(23-29)24-31(40-35(42)26-13-7-4-8-14-26)36(43)39-28-16-19-30(20-17-28)47-34(25-11-5-3-6-12-25)37(44)41-33-15-9-10-22-38-33/h3-24,34H,1-2H3,(H,39,43)(H,40,42)(H,38,41,44)/b31-24-. The number of nitrogens with zero attached hydrogens (tertiary/aromatic N) is 1. The van der Waals surface area contributed by atoms with E-state index in [1.165, 1.54) is 32.1 Å². The van der Waals surface area contributed by atoms with E-state index in [0.29, 0.717) is 34.1 Å². The second-order valence-corrected chi connectivity index (χ2v) is 11.3. The van der Waals surface area contributed by atoms with Gasteiger partial charge in [0.1, 0.15) is 28.3 Å². The molecule has 1 aromatic heterocycles. The third-order valence-corrected chi connectivity index (χ3v) is 8.15. The summed E-state index contributed by atoms with van der Waals surface area (Å²) in [6.07, 6.45) is 3.15. The highest BCUT2D eigenvalue weighted by molar-refractivity contribution is 8.00. The Hall–Kier alpha value is -5.87. The van der Waals surface area contributed by atoms with Crippen molar-refractivity contribution in [3.05, 3.63) is 150 Å².